The summed E-state index contributed by atoms with van der Waals surface area (Å²) >= 11 is 1.64. The minimum Gasteiger partial charge on any atom is -0.316 e. The summed E-state index contributed by atoms with van der Waals surface area (Å²) < 4.78 is 13.5. The van der Waals surface area contributed by atoms with Crippen LogP contribution in [-0.4, -0.2) is 18.1 Å². The standard InChI is InChI=1S/C13H15FN2S/c1-15-11(9-13-16-6-7-17-13)8-10-4-2-3-5-12(10)14/h2-7,11,15H,8-9H2,1H3. The lowest BCUT2D eigenvalue weighted by Gasteiger charge is -2.15. The predicted octanol–water partition coefficient (Wildman–Crippen LogP) is 2.66. The van der Waals surface area contributed by atoms with Crippen LogP contribution in [-0.2, 0) is 12.8 Å². The predicted molar refractivity (Wildman–Crippen MR) is 68.8 cm³/mol. The first-order valence-corrected chi connectivity index (χ1v) is 6.46. The number of nitrogens with zero attached hydrogens (tertiary/aromatic N) is 1. The van der Waals surface area contributed by atoms with Crippen LogP contribution in [0, 0.1) is 5.82 Å². The molecule has 17 heavy (non-hydrogen) atoms. The summed E-state index contributed by atoms with van der Waals surface area (Å²) in [6, 6.07) is 7.15. The van der Waals surface area contributed by atoms with Crippen LogP contribution >= 0.6 is 11.3 Å². The normalized spacial score (nSPS) is 12.6. The monoisotopic (exact) mass is 250 g/mol. The van der Waals surface area contributed by atoms with E-state index in [1.54, 1.807) is 23.6 Å². The van der Waals surface area contributed by atoms with Crippen LogP contribution in [0.4, 0.5) is 4.39 Å². The molecule has 2 nitrogen and oxygen atoms in total. The van der Waals surface area contributed by atoms with Gasteiger partial charge in [-0.2, -0.15) is 0 Å². The number of halogens is 1. The van der Waals surface area contributed by atoms with Gasteiger partial charge in [-0.25, -0.2) is 9.37 Å². The highest BCUT2D eigenvalue weighted by molar-refractivity contribution is 7.09. The molecule has 1 heterocycles. The SMILES string of the molecule is CNC(Cc1nccs1)Cc1ccccc1F. The summed E-state index contributed by atoms with van der Waals surface area (Å²) in [6.07, 6.45) is 3.32. The highest BCUT2D eigenvalue weighted by atomic mass is 32.1. The fourth-order valence-corrected chi connectivity index (χ4v) is 2.47. The average molecular weight is 250 g/mol. The number of aromatic nitrogens is 1. The molecule has 0 saturated heterocycles. The largest absolute Gasteiger partial charge is 0.316 e. The minimum atomic E-state index is -0.133. The maximum absolute atomic E-state index is 13.5. The molecule has 4 heteroatoms. The van der Waals surface area contributed by atoms with E-state index in [2.05, 4.69) is 10.3 Å². The maximum atomic E-state index is 13.5. The molecule has 0 aliphatic rings. The molecule has 1 unspecified atom stereocenters. The quantitative estimate of drug-likeness (QED) is 0.882. The molecule has 1 atom stereocenters. The van der Waals surface area contributed by atoms with Crippen molar-refractivity contribution in [3.8, 4) is 0 Å². The Morgan fingerprint density at radius 2 is 2.18 bits per heavy atom. The molecular formula is C13H15FN2S. The molecule has 0 fully saturated rings. The second-order valence-electron chi connectivity index (χ2n) is 3.91. The molecule has 0 aliphatic heterocycles. The first-order valence-electron chi connectivity index (χ1n) is 5.58. The van der Waals surface area contributed by atoms with Crippen molar-refractivity contribution in [1.29, 1.82) is 0 Å². The summed E-state index contributed by atoms with van der Waals surface area (Å²) in [5.74, 6) is -0.133. The van der Waals surface area contributed by atoms with E-state index in [4.69, 9.17) is 0 Å². The zero-order chi connectivity index (χ0) is 12.1. The van der Waals surface area contributed by atoms with Gasteiger partial charge < -0.3 is 5.32 Å². The van der Waals surface area contributed by atoms with Gasteiger partial charge in [-0.05, 0) is 25.1 Å². The first kappa shape index (κ1) is 12.2. The molecule has 90 valence electrons. The van der Waals surface area contributed by atoms with E-state index in [9.17, 15) is 4.39 Å². The number of hydrogen-bond acceptors (Lipinski definition) is 3. The van der Waals surface area contributed by atoms with Gasteiger partial charge in [0.1, 0.15) is 5.82 Å². The molecule has 2 aromatic rings. The van der Waals surface area contributed by atoms with Crippen molar-refractivity contribution in [3.05, 3.63) is 52.2 Å². The van der Waals surface area contributed by atoms with Gasteiger partial charge in [-0.1, -0.05) is 18.2 Å². The van der Waals surface area contributed by atoms with E-state index in [0.717, 1.165) is 17.0 Å². The molecule has 0 spiro atoms. The zero-order valence-electron chi connectivity index (χ0n) is 9.69. The minimum absolute atomic E-state index is 0.133. The van der Waals surface area contributed by atoms with E-state index in [1.807, 2.05) is 24.6 Å². The van der Waals surface area contributed by atoms with Crippen molar-refractivity contribution in [2.45, 2.75) is 18.9 Å². The van der Waals surface area contributed by atoms with Crippen LogP contribution in [0.5, 0.6) is 0 Å². The fraction of sp³-hybridized carbons (Fsp3) is 0.308. The van der Waals surface area contributed by atoms with Crippen molar-refractivity contribution in [2.75, 3.05) is 7.05 Å². The maximum Gasteiger partial charge on any atom is 0.126 e. The Hall–Kier alpha value is -1.26. The second kappa shape index (κ2) is 5.89. The van der Waals surface area contributed by atoms with Crippen LogP contribution in [0.1, 0.15) is 10.6 Å². The third kappa shape index (κ3) is 3.35. The first-order chi connectivity index (χ1) is 8.29. The van der Waals surface area contributed by atoms with Gasteiger partial charge in [0.15, 0.2) is 0 Å². The molecule has 0 radical (unpaired) electrons. The molecular weight excluding hydrogens is 235 g/mol. The van der Waals surface area contributed by atoms with Crippen molar-refractivity contribution >= 4 is 11.3 Å². The summed E-state index contributed by atoms with van der Waals surface area (Å²) in [4.78, 5) is 4.25. The highest BCUT2D eigenvalue weighted by Gasteiger charge is 2.12. The third-order valence-electron chi connectivity index (χ3n) is 2.74. The van der Waals surface area contributed by atoms with Gasteiger partial charge in [0.2, 0.25) is 0 Å². The molecule has 0 bridgehead atoms. The molecule has 1 N–H and O–H groups in total. The van der Waals surface area contributed by atoms with E-state index in [-0.39, 0.29) is 11.9 Å². The average Bonchev–Trinajstić information content (AvgIpc) is 2.84. The lowest BCUT2D eigenvalue weighted by atomic mass is 10.0. The molecule has 1 aromatic carbocycles. The van der Waals surface area contributed by atoms with E-state index < -0.39 is 0 Å². The molecule has 0 amide bonds. The van der Waals surface area contributed by atoms with Crippen molar-refractivity contribution < 1.29 is 4.39 Å². The highest BCUT2D eigenvalue weighted by Crippen LogP contribution is 2.13. The van der Waals surface area contributed by atoms with Gasteiger partial charge in [0.25, 0.3) is 0 Å². The third-order valence-corrected chi connectivity index (χ3v) is 3.54. The number of benzene rings is 1. The smallest absolute Gasteiger partial charge is 0.126 e. The van der Waals surface area contributed by atoms with E-state index >= 15 is 0 Å². The Bertz CT molecular complexity index is 456. The van der Waals surface area contributed by atoms with Gasteiger partial charge in [-0.15, -0.1) is 11.3 Å². The van der Waals surface area contributed by atoms with Crippen molar-refractivity contribution in [1.82, 2.24) is 10.3 Å². The fourth-order valence-electron chi connectivity index (χ4n) is 1.77. The van der Waals surface area contributed by atoms with Crippen LogP contribution in [0.3, 0.4) is 0 Å². The summed E-state index contributed by atoms with van der Waals surface area (Å²) in [7, 11) is 1.90. The van der Waals surface area contributed by atoms with Gasteiger partial charge in [0, 0.05) is 24.0 Å². The Balaban J connectivity index is 2.03. The lowest BCUT2D eigenvalue weighted by molar-refractivity contribution is 0.531. The number of rotatable bonds is 5. The van der Waals surface area contributed by atoms with E-state index in [0.29, 0.717) is 6.42 Å². The second-order valence-corrected chi connectivity index (χ2v) is 4.89. The van der Waals surface area contributed by atoms with Gasteiger partial charge in [0.05, 0.1) is 5.01 Å². The van der Waals surface area contributed by atoms with Crippen LogP contribution in [0.15, 0.2) is 35.8 Å². The molecule has 1 aromatic heterocycles. The zero-order valence-corrected chi connectivity index (χ0v) is 10.5. The molecule has 2 rings (SSSR count). The summed E-state index contributed by atoms with van der Waals surface area (Å²) in [6.45, 7) is 0. The van der Waals surface area contributed by atoms with Crippen LogP contribution in [0.2, 0.25) is 0 Å². The van der Waals surface area contributed by atoms with Gasteiger partial charge in [-0.3, -0.25) is 0 Å². The number of thiazole rings is 1. The number of nitrogens with one attached hydrogen (secondary N) is 1. The van der Waals surface area contributed by atoms with Crippen LogP contribution < -0.4 is 5.32 Å². The Morgan fingerprint density at radius 3 is 2.82 bits per heavy atom. The Morgan fingerprint density at radius 1 is 1.35 bits per heavy atom. The van der Waals surface area contributed by atoms with Crippen molar-refractivity contribution in [3.63, 3.8) is 0 Å². The van der Waals surface area contributed by atoms with Crippen LogP contribution in [0.25, 0.3) is 0 Å². The van der Waals surface area contributed by atoms with Crippen molar-refractivity contribution in [2.24, 2.45) is 0 Å². The number of likely N-dealkylation sites (N-methyl/N-ethyl adjacent to an activating group) is 1. The molecule has 0 aliphatic carbocycles. The molecule has 0 saturated carbocycles. The Kier molecular flexibility index (Phi) is 4.23. The lowest BCUT2D eigenvalue weighted by Crippen LogP contribution is -2.30. The Labute approximate surface area is 105 Å². The number of hydrogen-bond donors (Lipinski definition) is 1. The topological polar surface area (TPSA) is 24.9 Å². The summed E-state index contributed by atoms with van der Waals surface area (Å²) in [5.41, 5.74) is 0.753. The van der Waals surface area contributed by atoms with Gasteiger partial charge >= 0.3 is 0 Å². The van der Waals surface area contributed by atoms with E-state index in [1.165, 1.54) is 6.07 Å². The summed E-state index contributed by atoms with van der Waals surface area (Å²) in [5, 5.41) is 6.26.